The molecule has 0 aliphatic heterocycles. The standard InChI is InChI=1S/C13H23N3O3S/c1-9(2)13-14-7-12(15-13)20(18,19)16-11-6-4-3-5-10(11)8-17/h7,9-11,16-17H,3-6,8H2,1-2H3,(H,14,15). The average molecular weight is 301 g/mol. The van der Waals surface area contributed by atoms with Crippen molar-refractivity contribution in [2.75, 3.05) is 6.61 Å². The number of sulfonamides is 1. The number of aliphatic hydroxyl groups excluding tert-OH is 1. The van der Waals surface area contributed by atoms with E-state index in [1.165, 1.54) is 6.20 Å². The molecular weight excluding hydrogens is 278 g/mol. The molecule has 0 radical (unpaired) electrons. The van der Waals surface area contributed by atoms with E-state index in [1.807, 2.05) is 13.8 Å². The molecule has 20 heavy (non-hydrogen) atoms. The number of aromatic amines is 1. The number of H-pyrrole nitrogens is 1. The van der Waals surface area contributed by atoms with Gasteiger partial charge < -0.3 is 10.1 Å². The summed E-state index contributed by atoms with van der Waals surface area (Å²) in [4.78, 5) is 6.94. The predicted molar refractivity (Wildman–Crippen MR) is 75.8 cm³/mol. The van der Waals surface area contributed by atoms with Gasteiger partial charge in [0.1, 0.15) is 5.82 Å². The molecule has 1 saturated carbocycles. The highest BCUT2D eigenvalue weighted by Crippen LogP contribution is 2.25. The fraction of sp³-hybridized carbons (Fsp3) is 0.769. The molecule has 2 unspecified atom stereocenters. The first-order valence-electron chi connectivity index (χ1n) is 7.12. The number of nitrogens with zero attached hydrogens (tertiary/aromatic N) is 1. The maximum absolute atomic E-state index is 12.3. The minimum Gasteiger partial charge on any atom is -0.396 e. The van der Waals surface area contributed by atoms with Crippen LogP contribution in [-0.4, -0.2) is 36.1 Å². The largest absolute Gasteiger partial charge is 0.396 e. The summed E-state index contributed by atoms with van der Waals surface area (Å²) in [7, 11) is -3.59. The lowest BCUT2D eigenvalue weighted by Crippen LogP contribution is -2.43. The molecule has 0 saturated heterocycles. The Kier molecular flexibility index (Phi) is 4.82. The molecule has 0 aromatic carbocycles. The molecule has 0 bridgehead atoms. The third-order valence-electron chi connectivity index (χ3n) is 3.86. The van der Waals surface area contributed by atoms with Gasteiger partial charge in [0.25, 0.3) is 10.0 Å². The van der Waals surface area contributed by atoms with Crippen molar-refractivity contribution >= 4 is 10.0 Å². The van der Waals surface area contributed by atoms with Crippen LogP contribution in [0, 0.1) is 5.92 Å². The number of imidazole rings is 1. The van der Waals surface area contributed by atoms with Crippen LogP contribution in [0.2, 0.25) is 0 Å². The number of rotatable bonds is 5. The predicted octanol–water partition coefficient (Wildman–Crippen LogP) is 1.36. The van der Waals surface area contributed by atoms with Gasteiger partial charge in [0.05, 0.1) is 6.20 Å². The molecule has 6 nitrogen and oxygen atoms in total. The number of nitrogens with one attached hydrogen (secondary N) is 2. The second kappa shape index (κ2) is 6.24. The highest BCUT2D eigenvalue weighted by Gasteiger charge is 2.29. The summed E-state index contributed by atoms with van der Waals surface area (Å²) in [5, 5.41) is 9.45. The van der Waals surface area contributed by atoms with E-state index in [4.69, 9.17) is 0 Å². The van der Waals surface area contributed by atoms with Crippen LogP contribution in [0.4, 0.5) is 0 Å². The van der Waals surface area contributed by atoms with Crippen LogP contribution in [0.1, 0.15) is 51.3 Å². The first kappa shape index (κ1) is 15.5. The van der Waals surface area contributed by atoms with Crippen LogP contribution in [0.3, 0.4) is 0 Å². The van der Waals surface area contributed by atoms with Gasteiger partial charge in [-0.25, -0.2) is 18.1 Å². The SMILES string of the molecule is CC(C)c1ncc(S(=O)(=O)NC2CCCCC2CO)[nH]1. The molecule has 7 heteroatoms. The Bertz CT molecular complexity index is 539. The Balaban J connectivity index is 2.13. The lowest BCUT2D eigenvalue weighted by molar-refractivity contribution is 0.164. The molecule has 2 rings (SSSR count). The van der Waals surface area contributed by atoms with E-state index in [2.05, 4.69) is 14.7 Å². The van der Waals surface area contributed by atoms with Gasteiger partial charge in [-0.15, -0.1) is 0 Å². The van der Waals surface area contributed by atoms with Crippen molar-refractivity contribution in [2.24, 2.45) is 5.92 Å². The quantitative estimate of drug-likeness (QED) is 0.765. The summed E-state index contributed by atoms with van der Waals surface area (Å²) < 4.78 is 27.4. The Morgan fingerprint density at radius 3 is 2.75 bits per heavy atom. The monoisotopic (exact) mass is 301 g/mol. The Morgan fingerprint density at radius 1 is 1.45 bits per heavy atom. The first-order chi connectivity index (χ1) is 9.44. The number of hydrogen-bond acceptors (Lipinski definition) is 4. The van der Waals surface area contributed by atoms with Gasteiger partial charge >= 0.3 is 0 Å². The lowest BCUT2D eigenvalue weighted by Gasteiger charge is -2.30. The summed E-state index contributed by atoms with van der Waals surface area (Å²) in [5.41, 5.74) is 0. The van der Waals surface area contributed by atoms with Crippen molar-refractivity contribution in [1.29, 1.82) is 0 Å². The molecular formula is C13H23N3O3S. The Labute approximate surface area is 120 Å². The second-order valence-corrected chi connectivity index (χ2v) is 7.42. The fourth-order valence-electron chi connectivity index (χ4n) is 2.59. The topological polar surface area (TPSA) is 95.1 Å². The minimum absolute atomic E-state index is 0.00557. The van der Waals surface area contributed by atoms with Gasteiger partial charge in [0, 0.05) is 18.6 Å². The van der Waals surface area contributed by atoms with Gasteiger partial charge in [-0.3, -0.25) is 0 Å². The van der Waals surface area contributed by atoms with Crippen molar-refractivity contribution in [3.8, 4) is 0 Å². The van der Waals surface area contributed by atoms with Crippen molar-refractivity contribution in [1.82, 2.24) is 14.7 Å². The van der Waals surface area contributed by atoms with Gasteiger partial charge in [0.2, 0.25) is 0 Å². The van der Waals surface area contributed by atoms with Crippen LogP contribution < -0.4 is 4.72 Å². The molecule has 1 heterocycles. The molecule has 1 fully saturated rings. The maximum atomic E-state index is 12.3. The van der Waals surface area contributed by atoms with E-state index in [9.17, 15) is 13.5 Å². The van der Waals surface area contributed by atoms with Crippen molar-refractivity contribution in [2.45, 2.75) is 56.5 Å². The lowest BCUT2D eigenvalue weighted by atomic mass is 9.86. The summed E-state index contributed by atoms with van der Waals surface area (Å²) >= 11 is 0. The normalized spacial score (nSPS) is 24.2. The van der Waals surface area contributed by atoms with E-state index in [0.29, 0.717) is 5.82 Å². The third-order valence-corrected chi connectivity index (χ3v) is 5.26. The summed E-state index contributed by atoms with van der Waals surface area (Å²) in [6, 6.07) is -0.190. The highest BCUT2D eigenvalue weighted by molar-refractivity contribution is 7.89. The van der Waals surface area contributed by atoms with E-state index in [-0.39, 0.29) is 29.5 Å². The van der Waals surface area contributed by atoms with E-state index < -0.39 is 10.0 Å². The number of aromatic nitrogens is 2. The van der Waals surface area contributed by atoms with Crippen LogP contribution >= 0.6 is 0 Å². The number of hydrogen-bond donors (Lipinski definition) is 3. The van der Waals surface area contributed by atoms with Crippen molar-refractivity contribution in [3.05, 3.63) is 12.0 Å². The minimum atomic E-state index is -3.59. The molecule has 1 aliphatic carbocycles. The van der Waals surface area contributed by atoms with Gasteiger partial charge in [-0.05, 0) is 18.8 Å². The summed E-state index contributed by atoms with van der Waals surface area (Å²) in [6.45, 7) is 3.92. The first-order valence-corrected chi connectivity index (χ1v) is 8.60. The molecule has 2 atom stereocenters. The van der Waals surface area contributed by atoms with Crippen molar-refractivity contribution < 1.29 is 13.5 Å². The smallest absolute Gasteiger partial charge is 0.257 e. The highest BCUT2D eigenvalue weighted by atomic mass is 32.2. The van der Waals surface area contributed by atoms with Gasteiger partial charge in [-0.1, -0.05) is 26.7 Å². The Morgan fingerprint density at radius 2 is 2.15 bits per heavy atom. The molecule has 3 N–H and O–H groups in total. The van der Waals surface area contributed by atoms with Crippen LogP contribution in [0.15, 0.2) is 11.2 Å². The van der Waals surface area contributed by atoms with Gasteiger partial charge in [0.15, 0.2) is 5.03 Å². The fourth-order valence-corrected chi connectivity index (χ4v) is 3.86. The van der Waals surface area contributed by atoms with Crippen LogP contribution in [0.5, 0.6) is 0 Å². The maximum Gasteiger partial charge on any atom is 0.257 e. The molecule has 114 valence electrons. The van der Waals surface area contributed by atoms with E-state index in [1.54, 1.807) is 0 Å². The van der Waals surface area contributed by atoms with E-state index in [0.717, 1.165) is 25.7 Å². The zero-order chi connectivity index (χ0) is 14.8. The zero-order valence-electron chi connectivity index (χ0n) is 12.0. The average Bonchev–Trinajstić information content (AvgIpc) is 2.89. The van der Waals surface area contributed by atoms with Gasteiger partial charge in [-0.2, -0.15) is 0 Å². The second-order valence-electron chi connectivity index (χ2n) is 5.74. The number of aliphatic hydroxyl groups is 1. The summed E-state index contributed by atoms with van der Waals surface area (Å²) in [5.74, 6) is 0.817. The summed E-state index contributed by atoms with van der Waals surface area (Å²) in [6.07, 6.45) is 5.03. The van der Waals surface area contributed by atoms with Crippen LogP contribution in [0.25, 0.3) is 0 Å². The van der Waals surface area contributed by atoms with Crippen molar-refractivity contribution in [3.63, 3.8) is 0 Å². The Hall–Kier alpha value is -0.920. The third kappa shape index (κ3) is 3.39. The zero-order valence-corrected chi connectivity index (χ0v) is 12.8. The van der Waals surface area contributed by atoms with E-state index >= 15 is 0 Å². The molecule has 1 aromatic rings. The molecule has 0 amide bonds. The molecule has 0 spiro atoms. The van der Waals surface area contributed by atoms with Crippen LogP contribution in [-0.2, 0) is 10.0 Å². The molecule has 1 aromatic heterocycles. The molecule has 1 aliphatic rings.